The SMILES string of the molecule is CCCNCc1cn(CCN(C)C2CCCCCC2)nn1. The van der Waals surface area contributed by atoms with Gasteiger partial charge in [-0.1, -0.05) is 37.8 Å². The summed E-state index contributed by atoms with van der Waals surface area (Å²) >= 11 is 0. The maximum Gasteiger partial charge on any atom is 0.0964 e. The van der Waals surface area contributed by atoms with E-state index in [1.165, 1.54) is 38.5 Å². The molecule has 0 aromatic carbocycles. The summed E-state index contributed by atoms with van der Waals surface area (Å²) in [5.41, 5.74) is 1.04. The van der Waals surface area contributed by atoms with Crippen LogP contribution in [-0.2, 0) is 13.1 Å². The Labute approximate surface area is 129 Å². The second-order valence-electron chi connectivity index (χ2n) is 6.28. The van der Waals surface area contributed by atoms with Crippen LogP contribution < -0.4 is 5.32 Å². The number of hydrogen-bond donors (Lipinski definition) is 1. The van der Waals surface area contributed by atoms with Crippen molar-refractivity contribution in [3.63, 3.8) is 0 Å². The molecule has 0 amide bonds. The van der Waals surface area contributed by atoms with Gasteiger partial charge >= 0.3 is 0 Å². The van der Waals surface area contributed by atoms with Crippen LogP contribution in [0.1, 0.15) is 57.6 Å². The highest BCUT2D eigenvalue weighted by Gasteiger charge is 2.16. The molecule has 1 aromatic rings. The molecule has 0 saturated heterocycles. The van der Waals surface area contributed by atoms with Gasteiger partial charge in [-0.3, -0.25) is 4.68 Å². The zero-order valence-electron chi connectivity index (χ0n) is 13.7. The standard InChI is InChI=1S/C16H31N5/c1-3-10-17-13-15-14-21(19-18-15)12-11-20(2)16-8-6-4-5-7-9-16/h14,16-17H,3-13H2,1-2H3. The molecule has 0 unspecified atom stereocenters. The van der Waals surface area contributed by atoms with Crippen molar-refractivity contribution >= 4 is 0 Å². The van der Waals surface area contributed by atoms with E-state index in [1.807, 2.05) is 4.68 Å². The Kier molecular flexibility index (Phi) is 7.16. The van der Waals surface area contributed by atoms with E-state index in [4.69, 9.17) is 0 Å². The second kappa shape index (κ2) is 9.15. The molecule has 5 nitrogen and oxygen atoms in total. The van der Waals surface area contributed by atoms with Gasteiger partial charge in [0.2, 0.25) is 0 Å². The molecule has 1 fully saturated rings. The molecule has 2 rings (SSSR count). The van der Waals surface area contributed by atoms with Crippen LogP contribution in [0.4, 0.5) is 0 Å². The van der Waals surface area contributed by atoms with E-state index < -0.39 is 0 Å². The number of aromatic nitrogens is 3. The van der Waals surface area contributed by atoms with Crippen molar-refractivity contribution in [1.29, 1.82) is 0 Å². The van der Waals surface area contributed by atoms with E-state index in [-0.39, 0.29) is 0 Å². The Morgan fingerprint density at radius 1 is 1.29 bits per heavy atom. The molecule has 1 aliphatic carbocycles. The number of rotatable bonds is 8. The summed E-state index contributed by atoms with van der Waals surface area (Å²) in [7, 11) is 2.26. The van der Waals surface area contributed by atoms with Gasteiger partial charge < -0.3 is 10.2 Å². The molecule has 1 heterocycles. The Morgan fingerprint density at radius 2 is 2.05 bits per heavy atom. The number of likely N-dealkylation sites (N-methyl/N-ethyl adjacent to an activating group) is 1. The summed E-state index contributed by atoms with van der Waals surface area (Å²) in [5, 5.41) is 11.8. The molecule has 1 aromatic heterocycles. The number of nitrogens with zero attached hydrogens (tertiary/aromatic N) is 4. The normalized spacial score (nSPS) is 17.3. The van der Waals surface area contributed by atoms with Crippen LogP contribution in [0, 0.1) is 0 Å². The summed E-state index contributed by atoms with van der Waals surface area (Å²) in [6.07, 6.45) is 11.6. The monoisotopic (exact) mass is 293 g/mol. The zero-order chi connectivity index (χ0) is 14.9. The van der Waals surface area contributed by atoms with Gasteiger partial charge in [0.25, 0.3) is 0 Å². The quantitative estimate of drug-likeness (QED) is 0.591. The zero-order valence-corrected chi connectivity index (χ0v) is 13.7. The molecule has 1 aliphatic rings. The fraction of sp³-hybridized carbons (Fsp3) is 0.875. The van der Waals surface area contributed by atoms with Crippen LogP contribution in [0.5, 0.6) is 0 Å². The fourth-order valence-electron chi connectivity index (χ4n) is 3.06. The predicted molar refractivity (Wildman–Crippen MR) is 86.1 cm³/mol. The molecule has 0 aliphatic heterocycles. The molecule has 0 spiro atoms. The van der Waals surface area contributed by atoms with Crippen LogP contribution in [0.25, 0.3) is 0 Å². The smallest absolute Gasteiger partial charge is 0.0964 e. The molecule has 21 heavy (non-hydrogen) atoms. The van der Waals surface area contributed by atoms with Crippen molar-refractivity contribution < 1.29 is 0 Å². The van der Waals surface area contributed by atoms with Crippen molar-refractivity contribution in [3.05, 3.63) is 11.9 Å². The third kappa shape index (κ3) is 5.75. The summed E-state index contributed by atoms with van der Waals surface area (Å²) in [4.78, 5) is 2.52. The summed E-state index contributed by atoms with van der Waals surface area (Å²) in [5.74, 6) is 0. The van der Waals surface area contributed by atoms with E-state index in [9.17, 15) is 0 Å². The third-order valence-electron chi connectivity index (χ3n) is 4.45. The van der Waals surface area contributed by atoms with Crippen LogP contribution in [0.2, 0.25) is 0 Å². The lowest BCUT2D eigenvalue weighted by molar-refractivity contribution is 0.210. The second-order valence-corrected chi connectivity index (χ2v) is 6.28. The minimum atomic E-state index is 0.765. The van der Waals surface area contributed by atoms with Gasteiger partial charge in [0.15, 0.2) is 0 Å². The van der Waals surface area contributed by atoms with Crippen molar-refractivity contribution in [2.75, 3.05) is 20.1 Å². The molecule has 1 saturated carbocycles. The number of nitrogens with one attached hydrogen (secondary N) is 1. The highest BCUT2D eigenvalue weighted by atomic mass is 15.4. The van der Waals surface area contributed by atoms with Crippen LogP contribution >= 0.6 is 0 Å². The van der Waals surface area contributed by atoms with Gasteiger partial charge in [-0.15, -0.1) is 5.10 Å². The Bertz CT molecular complexity index is 382. The van der Waals surface area contributed by atoms with Gasteiger partial charge in [0, 0.05) is 25.3 Å². The van der Waals surface area contributed by atoms with Crippen LogP contribution in [-0.4, -0.2) is 46.1 Å². The van der Waals surface area contributed by atoms with Crippen molar-refractivity contribution in [2.45, 2.75) is 71.0 Å². The van der Waals surface area contributed by atoms with Crippen molar-refractivity contribution in [1.82, 2.24) is 25.2 Å². The minimum absolute atomic E-state index is 0.765. The predicted octanol–water partition coefficient (Wildman–Crippen LogP) is 2.43. The van der Waals surface area contributed by atoms with Gasteiger partial charge in [0.1, 0.15) is 0 Å². The molecular formula is C16H31N5. The topological polar surface area (TPSA) is 46.0 Å². The van der Waals surface area contributed by atoms with Crippen LogP contribution in [0.15, 0.2) is 6.20 Å². The van der Waals surface area contributed by atoms with Gasteiger partial charge in [-0.05, 0) is 32.9 Å². The first-order chi connectivity index (χ1) is 10.3. The van der Waals surface area contributed by atoms with E-state index in [0.29, 0.717) is 0 Å². The van der Waals surface area contributed by atoms with Gasteiger partial charge in [-0.2, -0.15) is 0 Å². The minimum Gasteiger partial charge on any atom is -0.311 e. The number of hydrogen-bond acceptors (Lipinski definition) is 4. The largest absolute Gasteiger partial charge is 0.311 e. The first-order valence-electron chi connectivity index (χ1n) is 8.59. The van der Waals surface area contributed by atoms with Crippen molar-refractivity contribution in [2.24, 2.45) is 0 Å². The van der Waals surface area contributed by atoms with Crippen molar-refractivity contribution in [3.8, 4) is 0 Å². The molecule has 120 valence electrons. The highest BCUT2D eigenvalue weighted by Crippen LogP contribution is 2.20. The van der Waals surface area contributed by atoms with E-state index in [1.54, 1.807) is 0 Å². The highest BCUT2D eigenvalue weighted by molar-refractivity contribution is 4.91. The Balaban J connectivity index is 1.71. The first-order valence-corrected chi connectivity index (χ1v) is 8.59. The summed E-state index contributed by atoms with van der Waals surface area (Å²) < 4.78 is 1.98. The Hall–Kier alpha value is -0.940. The molecule has 1 N–H and O–H groups in total. The van der Waals surface area contributed by atoms with E-state index in [2.05, 4.69) is 40.7 Å². The molecule has 0 radical (unpaired) electrons. The van der Waals surface area contributed by atoms with E-state index in [0.717, 1.165) is 44.3 Å². The lowest BCUT2D eigenvalue weighted by Crippen LogP contribution is -2.34. The Morgan fingerprint density at radius 3 is 2.76 bits per heavy atom. The van der Waals surface area contributed by atoms with E-state index >= 15 is 0 Å². The average molecular weight is 293 g/mol. The lowest BCUT2D eigenvalue weighted by Gasteiger charge is -2.26. The first kappa shape index (κ1) is 16.4. The molecule has 5 heteroatoms. The van der Waals surface area contributed by atoms with Gasteiger partial charge in [0.05, 0.1) is 12.2 Å². The maximum absolute atomic E-state index is 4.23. The molecule has 0 bridgehead atoms. The van der Waals surface area contributed by atoms with Crippen LogP contribution in [0.3, 0.4) is 0 Å². The average Bonchev–Trinajstić information content (AvgIpc) is 2.77. The fourth-order valence-corrected chi connectivity index (χ4v) is 3.06. The third-order valence-corrected chi connectivity index (χ3v) is 4.45. The maximum atomic E-state index is 4.23. The molecular weight excluding hydrogens is 262 g/mol. The van der Waals surface area contributed by atoms with Gasteiger partial charge in [-0.25, -0.2) is 0 Å². The summed E-state index contributed by atoms with van der Waals surface area (Å²) in [6, 6.07) is 0.765. The summed E-state index contributed by atoms with van der Waals surface area (Å²) in [6.45, 7) is 6.04. The molecule has 0 atom stereocenters. The lowest BCUT2D eigenvalue weighted by atomic mass is 10.1.